The van der Waals surface area contributed by atoms with Crippen LogP contribution in [0.2, 0.25) is 0 Å². The number of likely N-dealkylation sites (N-methyl/N-ethyl adjacent to an activating group) is 1. The molecule has 0 aromatic rings. The topological polar surface area (TPSA) is 24.5 Å². The highest BCUT2D eigenvalue weighted by atomic mass is 16.5. The van der Waals surface area contributed by atoms with Crippen molar-refractivity contribution in [2.75, 3.05) is 26.7 Å². The first kappa shape index (κ1) is 17.2. The molecule has 4 unspecified atom stereocenters. The zero-order valence-corrected chi connectivity index (χ0v) is 14.4. The van der Waals surface area contributed by atoms with Gasteiger partial charge in [0, 0.05) is 25.2 Å². The van der Waals surface area contributed by atoms with Crippen molar-refractivity contribution in [3.8, 4) is 0 Å². The third-order valence-electron chi connectivity index (χ3n) is 5.49. The third kappa shape index (κ3) is 5.22. The Kier molecular flexibility index (Phi) is 7.48. The van der Waals surface area contributed by atoms with E-state index in [-0.39, 0.29) is 0 Å². The monoisotopic (exact) mass is 296 g/mol. The van der Waals surface area contributed by atoms with Gasteiger partial charge in [-0.3, -0.25) is 4.90 Å². The van der Waals surface area contributed by atoms with E-state index in [1.54, 1.807) is 0 Å². The van der Waals surface area contributed by atoms with Crippen LogP contribution in [0.25, 0.3) is 0 Å². The molecule has 0 amide bonds. The van der Waals surface area contributed by atoms with E-state index < -0.39 is 0 Å². The van der Waals surface area contributed by atoms with Gasteiger partial charge in [-0.1, -0.05) is 20.3 Å². The zero-order valence-electron chi connectivity index (χ0n) is 14.4. The first-order chi connectivity index (χ1) is 10.2. The molecule has 1 saturated heterocycles. The molecular weight excluding hydrogens is 260 g/mol. The van der Waals surface area contributed by atoms with Crippen LogP contribution in [0, 0.1) is 5.92 Å². The molecule has 2 rings (SSSR count). The second-order valence-electron chi connectivity index (χ2n) is 7.14. The molecule has 0 spiro atoms. The van der Waals surface area contributed by atoms with Gasteiger partial charge in [0.2, 0.25) is 0 Å². The molecule has 124 valence electrons. The van der Waals surface area contributed by atoms with Gasteiger partial charge < -0.3 is 10.1 Å². The summed E-state index contributed by atoms with van der Waals surface area (Å²) in [6.07, 6.45) is 11.0. The summed E-state index contributed by atoms with van der Waals surface area (Å²) in [5.41, 5.74) is 0. The van der Waals surface area contributed by atoms with Crippen molar-refractivity contribution in [1.29, 1.82) is 0 Å². The minimum absolute atomic E-state index is 0.470. The summed E-state index contributed by atoms with van der Waals surface area (Å²) in [4.78, 5) is 2.60. The molecule has 21 heavy (non-hydrogen) atoms. The molecule has 2 aliphatic rings. The van der Waals surface area contributed by atoms with E-state index in [9.17, 15) is 0 Å². The SMILES string of the molecule is CCCNC1CCC(CC)CC1N(C)CC1CCCCO1. The van der Waals surface area contributed by atoms with Gasteiger partial charge in [-0.15, -0.1) is 0 Å². The molecule has 1 heterocycles. The molecule has 1 N–H and O–H groups in total. The molecule has 1 aliphatic carbocycles. The Hall–Kier alpha value is -0.120. The Labute approximate surface area is 131 Å². The lowest BCUT2D eigenvalue weighted by atomic mass is 9.80. The maximum atomic E-state index is 5.95. The van der Waals surface area contributed by atoms with E-state index >= 15 is 0 Å². The van der Waals surface area contributed by atoms with Crippen LogP contribution in [-0.4, -0.2) is 49.8 Å². The van der Waals surface area contributed by atoms with Gasteiger partial charge in [0.25, 0.3) is 0 Å². The van der Waals surface area contributed by atoms with E-state index in [0.717, 1.165) is 25.6 Å². The van der Waals surface area contributed by atoms with Gasteiger partial charge in [-0.2, -0.15) is 0 Å². The highest BCUT2D eigenvalue weighted by molar-refractivity contribution is 4.91. The van der Waals surface area contributed by atoms with Crippen LogP contribution < -0.4 is 5.32 Å². The van der Waals surface area contributed by atoms with Gasteiger partial charge in [-0.25, -0.2) is 0 Å². The second-order valence-corrected chi connectivity index (χ2v) is 7.14. The van der Waals surface area contributed by atoms with Crippen molar-refractivity contribution in [1.82, 2.24) is 10.2 Å². The van der Waals surface area contributed by atoms with Crippen molar-refractivity contribution in [2.45, 2.75) is 83.4 Å². The maximum absolute atomic E-state index is 5.95. The Morgan fingerprint density at radius 2 is 2.00 bits per heavy atom. The molecule has 0 bridgehead atoms. The summed E-state index contributed by atoms with van der Waals surface area (Å²) >= 11 is 0. The van der Waals surface area contributed by atoms with E-state index in [0.29, 0.717) is 18.2 Å². The van der Waals surface area contributed by atoms with Crippen molar-refractivity contribution in [3.63, 3.8) is 0 Å². The first-order valence-corrected chi connectivity index (χ1v) is 9.29. The van der Waals surface area contributed by atoms with E-state index in [1.807, 2.05) is 0 Å². The molecule has 3 heteroatoms. The number of nitrogens with one attached hydrogen (secondary N) is 1. The standard InChI is InChI=1S/C18H36N2O/c1-4-11-19-17-10-9-15(5-2)13-18(17)20(3)14-16-8-6-7-12-21-16/h15-19H,4-14H2,1-3H3. The predicted octanol–water partition coefficient (Wildman–Crippen LogP) is 3.43. The Morgan fingerprint density at radius 3 is 2.67 bits per heavy atom. The summed E-state index contributed by atoms with van der Waals surface area (Å²) in [5.74, 6) is 0.921. The van der Waals surface area contributed by atoms with Crippen LogP contribution in [-0.2, 0) is 4.74 Å². The lowest BCUT2D eigenvalue weighted by molar-refractivity contribution is -0.0167. The minimum Gasteiger partial charge on any atom is -0.377 e. The van der Waals surface area contributed by atoms with E-state index in [1.165, 1.54) is 51.4 Å². The number of ether oxygens (including phenoxy) is 1. The largest absolute Gasteiger partial charge is 0.377 e. The summed E-state index contributed by atoms with van der Waals surface area (Å²) in [6.45, 7) is 7.86. The number of nitrogens with zero attached hydrogens (tertiary/aromatic N) is 1. The van der Waals surface area contributed by atoms with E-state index in [4.69, 9.17) is 4.74 Å². The van der Waals surface area contributed by atoms with Gasteiger partial charge in [0.05, 0.1) is 6.10 Å². The Bertz CT molecular complexity index is 278. The smallest absolute Gasteiger partial charge is 0.0702 e. The number of hydrogen-bond acceptors (Lipinski definition) is 3. The normalized spacial score (nSPS) is 34.3. The fourth-order valence-electron chi connectivity index (χ4n) is 4.07. The number of hydrogen-bond donors (Lipinski definition) is 1. The van der Waals surface area contributed by atoms with Crippen molar-refractivity contribution >= 4 is 0 Å². The molecule has 1 aliphatic heterocycles. The van der Waals surface area contributed by atoms with Gasteiger partial charge >= 0.3 is 0 Å². The maximum Gasteiger partial charge on any atom is 0.0702 e. The van der Waals surface area contributed by atoms with Crippen LogP contribution in [0.1, 0.15) is 65.2 Å². The summed E-state index contributed by atoms with van der Waals surface area (Å²) in [5, 5.41) is 3.80. The molecule has 4 atom stereocenters. The summed E-state index contributed by atoms with van der Waals surface area (Å²) in [7, 11) is 2.32. The van der Waals surface area contributed by atoms with Crippen LogP contribution in [0.15, 0.2) is 0 Å². The lowest BCUT2D eigenvalue weighted by Crippen LogP contribution is -2.54. The van der Waals surface area contributed by atoms with Crippen molar-refractivity contribution in [2.24, 2.45) is 5.92 Å². The average Bonchev–Trinajstić information content (AvgIpc) is 2.53. The summed E-state index contributed by atoms with van der Waals surface area (Å²) < 4.78 is 5.95. The lowest BCUT2D eigenvalue weighted by Gasteiger charge is -2.43. The van der Waals surface area contributed by atoms with Gasteiger partial charge in [-0.05, 0) is 64.5 Å². The van der Waals surface area contributed by atoms with Crippen LogP contribution >= 0.6 is 0 Å². The Morgan fingerprint density at radius 1 is 1.14 bits per heavy atom. The van der Waals surface area contributed by atoms with Crippen LogP contribution in [0.5, 0.6) is 0 Å². The highest BCUT2D eigenvalue weighted by Gasteiger charge is 2.33. The minimum atomic E-state index is 0.470. The number of rotatable bonds is 7. The fourth-order valence-corrected chi connectivity index (χ4v) is 4.07. The molecule has 3 nitrogen and oxygen atoms in total. The zero-order chi connectivity index (χ0) is 15.1. The first-order valence-electron chi connectivity index (χ1n) is 9.29. The average molecular weight is 296 g/mol. The van der Waals surface area contributed by atoms with Gasteiger partial charge in [0.1, 0.15) is 0 Å². The predicted molar refractivity (Wildman–Crippen MR) is 89.7 cm³/mol. The Balaban J connectivity index is 1.89. The molecule has 0 aromatic carbocycles. The fraction of sp³-hybridized carbons (Fsp3) is 1.00. The van der Waals surface area contributed by atoms with Crippen molar-refractivity contribution in [3.05, 3.63) is 0 Å². The van der Waals surface area contributed by atoms with E-state index in [2.05, 4.69) is 31.1 Å². The van der Waals surface area contributed by atoms with Crippen LogP contribution in [0.3, 0.4) is 0 Å². The summed E-state index contributed by atoms with van der Waals surface area (Å²) in [6, 6.07) is 1.38. The third-order valence-corrected chi connectivity index (χ3v) is 5.49. The van der Waals surface area contributed by atoms with Gasteiger partial charge in [0.15, 0.2) is 0 Å². The molecular formula is C18H36N2O. The van der Waals surface area contributed by atoms with Crippen molar-refractivity contribution < 1.29 is 4.74 Å². The molecule has 0 radical (unpaired) electrons. The molecule has 0 aromatic heterocycles. The second kappa shape index (κ2) is 9.12. The molecule has 1 saturated carbocycles. The highest BCUT2D eigenvalue weighted by Crippen LogP contribution is 2.30. The van der Waals surface area contributed by atoms with Crippen LogP contribution in [0.4, 0.5) is 0 Å². The quantitative estimate of drug-likeness (QED) is 0.779. The molecule has 2 fully saturated rings.